The van der Waals surface area contributed by atoms with E-state index < -0.39 is 11.4 Å². The highest BCUT2D eigenvalue weighted by atomic mass is 16.5. The average Bonchev–Trinajstić information content (AvgIpc) is 2.26. The van der Waals surface area contributed by atoms with Gasteiger partial charge in [0.15, 0.2) is 0 Å². The number of hydrogen-bond donors (Lipinski definition) is 1. The van der Waals surface area contributed by atoms with Gasteiger partial charge in [-0.1, -0.05) is 19.3 Å². The Morgan fingerprint density at radius 3 is 2.53 bits per heavy atom. The number of hydrogen-bond acceptors (Lipinski definition) is 2. The zero-order valence-corrected chi connectivity index (χ0v) is 9.63. The molecule has 0 aromatic heterocycles. The van der Waals surface area contributed by atoms with Crippen LogP contribution in [0, 0.1) is 5.41 Å². The molecule has 0 bridgehead atoms. The van der Waals surface area contributed by atoms with Crippen molar-refractivity contribution < 1.29 is 14.6 Å². The maximum absolute atomic E-state index is 11.3. The van der Waals surface area contributed by atoms with E-state index in [1.165, 1.54) is 6.42 Å². The standard InChI is InChI=1S/C12H22O3/c1-2-15-10-6-9-12(11(13)14)7-4-3-5-8-12/h2-10H2,1H3,(H,13,14). The molecular formula is C12H22O3. The van der Waals surface area contributed by atoms with Crippen LogP contribution < -0.4 is 0 Å². The topological polar surface area (TPSA) is 46.5 Å². The molecule has 3 heteroatoms. The Labute approximate surface area is 91.8 Å². The van der Waals surface area contributed by atoms with Crippen LogP contribution in [0.3, 0.4) is 0 Å². The monoisotopic (exact) mass is 214 g/mol. The van der Waals surface area contributed by atoms with E-state index in [1.807, 2.05) is 6.92 Å². The molecule has 0 saturated heterocycles. The molecule has 3 nitrogen and oxygen atoms in total. The molecule has 1 fully saturated rings. The Kier molecular flexibility index (Phi) is 5.09. The third kappa shape index (κ3) is 3.49. The Bertz CT molecular complexity index is 195. The Hall–Kier alpha value is -0.570. The summed E-state index contributed by atoms with van der Waals surface area (Å²) in [6.45, 7) is 3.39. The third-order valence-corrected chi connectivity index (χ3v) is 3.41. The lowest BCUT2D eigenvalue weighted by Crippen LogP contribution is -2.33. The van der Waals surface area contributed by atoms with Gasteiger partial charge in [-0.15, -0.1) is 0 Å². The van der Waals surface area contributed by atoms with Gasteiger partial charge in [-0.2, -0.15) is 0 Å². The first-order chi connectivity index (χ1) is 7.21. The summed E-state index contributed by atoms with van der Waals surface area (Å²) in [4.78, 5) is 11.3. The Morgan fingerprint density at radius 1 is 1.33 bits per heavy atom. The summed E-state index contributed by atoms with van der Waals surface area (Å²) in [6, 6.07) is 0. The van der Waals surface area contributed by atoms with Crippen molar-refractivity contribution in [3.8, 4) is 0 Å². The minimum absolute atomic E-state index is 0.435. The predicted octanol–water partition coefficient (Wildman–Crippen LogP) is 2.84. The van der Waals surface area contributed by atoms with Gasteiger partial charge in [-0.25, -0.2) is 0 Å². The van der Waals surface area contributed by atoms with Crippen molar-refractivity contribution in [2.45, 2.75) is 51.9 Å². The first-order valence-electron chi connectivity index (χ1n) is 6.02. The molecule has 0 aliphatic heterocycles. The van der Waals surface area contributed by atoms with Gasteiger partial charge >= 0.3 is 5.97 Å². The summed E-state index contributed by atoms with van der Waals surface area (Å²) in [5.41, 5.74) is -0.435. The van der Waals surface area contributed by atoms with Crippen LogP contribution >= 0.6 is 0 Å². The van der Waals surface area contributed by atoms with Crippen LogP contribution in [0.5, 0.6) is 0 Å². The van der Waals surface area contributed by atoms with Crippen LogP contribution in [0.4, 0.5) is 0 Å². The SMILES string of the molecule is CCOCCCC1(C(=O)O)CCCCC1. The molecule has 0 atom stereocenters. The number of aliphatic carboxylic acids is 1. The molecule has 0 aromatic rings. The van der Waals surface area contributed by atoms with Crippen LogP contribution in [-0.2, 0) is 9.53 Å². The fraction of sp³-hybridized carbons (Fsp3) is 0.917. The molecule has 0 radical (unpaired) electrons. The predicted molar refractivity (Wildman–Crippen MR) is 58.9 cm³/mol. The van der Waals surface area contributed by atoms with E-state index in [9.17, 15) is 9.90 Å². The van der Waals surface area contributed by atoms with Crippen molar-refractivity contribution in [3.63, 3.8) is 0 Å². The fourth-order valence-electron chi connectivity index (χ4n) is 2.46. The summed E-state index contributed by atoms with van der Waals surface area (Å²) in [7, 11) is 0. The van der Waals surface area contributed by atoms with Crippen LogP contribution in [0.2, 0.25) is 0 Å². The minimum atomic E-state index is -0.598. The third-order valence-electron chi connectivity index (χ3n) is 3.41. The largest absolute Gasteiger partial charge is 0.481 e. The van der Waals surface area contributed by atoms with Gasteiger partial charge < -0.3 is 9.84 Å². The summed E-state index contributed by atoms with van der Waals surface area (Å²) < 4.78 is 5.26. The van der Waals surface area contributed by atoms with Gasteiger partial charge in [0.2, 0.25) is 0 Å². The highest BCUT2D eigenvalue weighted by molar-refractivity contribution is 5.74. The van der Waals surface area contributed by atoms with Crippen LogP contribution in [0.15, 0.2) is 0 Å². The smallest absolute Gasteiger partial charge is 0.309 e. The highest BCUT2D eigenvalue weighted by Gasteiger charge is 2.38. The van der Waals surface area contributed by atoms with Crippen molar-refractivity contribution in [3.05, 3.63) is 0 Å². The molecule has 0 amide bonds. The maximum Gasteiger partial charge on any atom is 0.309 e. The minimum Gasteiger partial charge on any atom is -0.481 e. The molecule has 1 rings (SSSR count). The Morgan fingerprint density at radius 2 is 2.00 bits per heavy atom. The molecule has 88 valence electrons. The first kappa shape index (κ1) is 12.5. The molecule has 0 aromatic carbocycles. The number of ether oxygens (including phenoxy) is 1. The fourth-order valence-corrected chi connectivity index (χ4v) is 2.46. The molecule has 0 spiro atoms. The van der Waals surface area contributed by atoms with E-state index in [0.717, 1.165) is 45.1 Å². The van der Waals surface area contributed by atoms with E-state index in [2.05, 4.69) is 0 Å². The van der Waals surface area contributed by atoms with Crippen molar-refractivity contribution >= 4 is 5.97 Å². The van der Waals surface area contributed by atoms with Gasteiger partial charge in [0.1, 0.15) is 0 Å². The molecule has 1 saturated carbocycles. The first-order valence-corrected chi connectivity index (χ1v) is 6.02. The van der Waals surface area contributed by atoms with E-state index in [-0.39, 0.29) is 0 Å². The number of carboxylic acid groups (broad SMARTS) is 1. The van der Waals surface area contributed by atoms with Crippen molar-refractivity contribution in [2.24, 2.45) is 5.41 Å². The second-order valence-electron chi connectivity index (χ2n) is 4.45. The molecule has 1 N–H and O–H groups in total. The summed E-state index contributed by atoms with van der Waals surface area (Å²) in [5.74, 6) is -0.598. The molecule has 15 heavy (non-hydrogen) atoms. The van der Waals surface area contributed by atoms with Gasteiger partial charge in [0.25, 0.3) is 0 Å². The van der Waals surface area contributed by atoms with Gasteiger partial charge in [-0.3, -0.25) is 4.79 Å². The van der Waals surface area contributed by atoms with Crippen molar-refractivity contribution in [2.75, 3.05) is 13.2 Å². The molecule has 1 aliphatic rings. The molecule has 0 unspecified atom stereocenters. The lowest BCUT2D eigenvalue weighted by Gasteiger charge is -2.33. The van der Waals surface area contributed by atoms with Crippen molar-refractivity contribution in [1.82, 2.24) is 0 Å². The van der Waals surface area contributed by atoms with Crippen LogP contribution in [0.25, 0.3) is 0 Å². The van der Waals surface area contributed by atoms with Gasteiger partial charge in [-0.05, 0) is 32.6 Å². The normalized spacial score (nSPS) is 20.1. The molecule has 1 aliphatic carbocycles. The molecule has 0 heterocycles. The Balaban J connectivity index is 2.39. The number of rotatable bonds is 6. The van der Waals surface area contributed by atoms with E-state index >= 15 is 0 Å². The highest BCUT2D eigenvalue weighted by Crippen LogP contribution is 2.40. The second kappa shape index (κ2) is 6.11. The van der Waals surface area contributed by atoms with Crippen LogP contribution in [-0.4, -0.2) is 24.3 Å². The second-order valence-corrected chi connectivity index (χ2v) is 4.45. The summed E-state index contributed by atoms with van der Waals surface area (Å²) >= 11 is 0. The number of carbonyl (C=O) groups is 1. The average molecular weight is 214 g/mol. The lowest BCUT2D eigenvalue weighted by molar-refractivity contribution is -0.151. The van der Waals surface area contributed by atoms with E-state index in [1.54, 1.807) is 0 Å². The quantitative estimate of drug-likeness (QED) is 0.691. The van der Waals surface area contributed by atoms with Crippen molar-refractivity contribution in [1.29, 1.82) is 0 Å². The maximum atomic E-state index is 11.3. The van der Waals surface area contributed by atoms with Gasteiger partial charge in [0.05, 0.1) is 5.41 Å². The number of carboxylic acids is 1. The van der Waals surface area contributed by atoms with E-state index in [4.69, 9.17) is 4.74 Å². The summed E-state index contributed by atoms with van der Waals surface area (Å²) in [6.07, 6.45) is 6.70. The van der Waals surface area contributed by atoms with Crippen LogP contribution in [0.1, 0.15) is 51.9 Å². The zero-order chi connectivity index (χ0) is 11.1. The zero-order valence-electron chi connectivity index (χ0n) is 9.63. The lowest BCUT2D eigenvalue weighted by atomic mass is 9.71. The molecular weight excluding hydrogens is 192 g/mol. The summed E-state index contributed by atoms with van der Waals surface area (Å²) in [5, 5.41) is 9.30. The van der Waals surface area contributed by atoms with Gasteiger partial charge in [0, 0.05) is 13.2 Å². The van der Waals surface area contributed by atoms with E-state index in [0.29, 0.717) is 6.61 Å².